The Labute approximate surface area is 76.1 Å². The molecule has 1 fully saturated rings. The Morgan fingerprint density at radius 2 is 1.92 bits per heavy atom. The molecule has 0 aromatic heterocycles. The van der Waals surface area contributed by atoms with E-state index in [1.54, 1.807) is 0 Å². The van der Waals surface area contributed by atoms with Crippen LogP contribution in [0.4, 0.5) is 0 Å². The van der Waals surface area contributed by atoms with E-state index < -0.39 is 0 Å². The molecule has 0 aromatic rings. The van der Waals surface area contributed by atoms with Gasteiger partial charge in [0.05, 0.1) is 0 Å². The van der Waals surface area contributed by atoms with E-state index in [1.807, 2.05) is 0 Å². The summed E-state index contributed by atoms with van der Waals surface area (Å²) in [5.74, 6) is 0. The van der Waals surface area contributed by atoms with Gasteiger partial charge in [-0.1, -0.05) is 0 Å². The molecule has 1 heterocycles. The molecule has 2 nitrogen and oxygen atoms in total. The third-order valence-electron chi connectivity index (χ3n) is 2.78. The highest BCUT2D eigenvalue weighted by molar-refractivity contribution is 4.87. The van der Waals surface area contributed by atoms with E-state index >= 15 is 0 Å². The van der Waals surface area contributed by atoms with Crippen molar-refractivity contribution in [2.24, 2.45) is 5.73 Å². The first-order valence-electron chi connectivity index (χ1n) is 4.93. The molecule has 0 spiro atoms. The monoisotopic (exact) mass is 170 g/mol. The topological polar surface area (TPSA) is 29.3 Å². The van der Waals surface area contributed by atoms with Crippen LogP contribution < -0.4 is 5.73 Å². The molecular weight excluding hydrogens is 148 g/mol. The van der Waals surface area contributed by atoms with E-state index in [0.717, 1.165) is 19.4 Å². The number of hydrogen-bond acceptors (Lipinski definition) is 2. The van der Waals surface area contributed by atoms with Gasteiger partial charge in [-0.3, -0.25) is 4.90 Å². The minimum Gasteiger partial charge on any atom is -0.328 e. The quantitative estimate of drug-likeness (QED) is 0.598. The van der Waals surface area contributed by atoms with Crippen molar-refractivity contribution in [2.45, 2.75) is 58.2 Å². The molecule has 2 N–H and O–H groups in total. The van der Waals surface area contributed by atoms with Crippen molar-refractivity contribution in [3.8, 4) is 0 Å². The Kier molecular flexibility index (Phi) is 2.79. The van der Waals surface area contributed by atoms with Crippen molar-refractivity contribution < 1.29 is 0 Å². The van der Waals surface area contributed by atoms with Crippen molar-refractivity contribution in [3.05, 3.63) is 0 Å². The van der Waals surface area contributed by atoms with Crippen LogP contribution in [0.3, 0.4) is 0 Å². The normalized spacial score (nSPS) is 33.8. The summed E-state index contributed by atoms with van der Waals surface area (Å²) in [5.41, 5.74) is 6.21. The maximum atomic E-state index is 5.90. The maximum absolute atomic E-state index is 5.90. The summed E-state index contributed by atoms with van der Waals surface area (Å²) in [6.45, 7) is 10.3. The molecule has 2 heteroatoms. The predicted octanol–water partition coefficient (Wildman–Crippen LogP) is 1.60. The Hall–Kier alpha value is -0.0800. The fraction of sp³-hybridized carbons (Fsp3) is 1.00. The van der Waals surface area contributed by atoms with E-state index in [4.69, 9.17) is 5.73 Å². The second kappa shape index (κ2) is 3.35. The summed E-state index contributed by atoms with van der Waals surface area (Å²) in [7, 11) is 0. The molecule has 1 aliphatic rings. The average Bonchev–Trinajstić information content (AvgIpc) is 1.83. The van der Waals surface area contributed by atoms with E-state index in [2.05, 4.69) is 32.6 Å². The number of likely N-dealkylation sites (tertiary alicyclic amines) is 1. The first-order chi connectivity index (χ1) is 5.41. The Bertz CT molecular complexity index is 148. The van der Waals surface area contributed by atoms with Crippen LogP contribution in [0.15, 0.2) is 0 Å². The second-order valence-electron chi connectivity index (χ2n) is 5.00. The zero-order valence-corrected chi connectivity index (χ0v) is 8.80. The van der Waals surface area contributed by atoms with Crippen molar-refractivity contribution in [1.82, 2.24) is 4.90 Å². The molecule has 12 heavy (non-hydrogen) atoms. The molecular formula is C10H22N2. The lowest BCUT2D eigenvalue weighted by Gasteiger charge is -2.44. The molecule has 1 aliphatic heterocycles. The zero-order valence-electron chi connectivity index (χ0n) is 8.80. The van der Waals surface area contributed by atoms with E-state index in [1.165, 1.54) is 0 Å². The highest BCUT2D eigenvalue weighted by atomic mass is 15.2. The Morgan fingerprint density at radius 1 is 1.33 bits per heavy atom. The van der Waals surface area contributed by atoms with Gasteiger partial charge in [-0.2, -0.15) is 0 Å². The first-order valence-corrected chi connectivity index (χ1v) is 4.93. The Morgan fingerprint density at radius 3 is 2.33 bits per heavy atom. The number of hydrogen-bond donors (Lipinski definition) is 1. The molecule has 0 amide bonds. The highest BCUT2D eigenvalue weighted by Crippen LogP contribution is 2.24. The lowest BCUT2D eigenvalue weighted by molar-refractivity contribution is 0.0538. The van der Waals surface area contributed by atoms with Crippen LogP contribution in [0, 0.1) is 0 Å². The predicted molar refractivity (Wildman–Crippen MR) is 53.1 cm³/mol. The summed E-state index contributed by atoms with van der Waals surface area (Å²) in [5, 5.41) is 0. The standard InChI is InChI=1S/C10H22N2/c1-8-7-9(11)5-6-12(8)10(2,3)4/h8-9H,5-7,11H2,1-4H3/t8-,9+/m1/s1. The fourth-order valence-corrected chi connectivity index (χ4v) is 2.21. The van der Waals surface area contributed by atoms with Crippen LogP contribution in [-0.2, 0) is 0 Å². The van der Waals surface area contributed by atoms with Crippen LogP contribution in [0.2, 0.25) is 0 Å². The minimum atomic E-state index is 0.305. The summed E-state index contributed by atoms with van der Waals surface area (Å²) >= 11 is 0. The molecule has 1 rings (SSSR count). The fourth-order valence-electron chi connectivity index (χ4n) is 2.21. The van der Waals surface area contributed by atoms with Gasteiger partial charge in [0.15, 0.2) is 0 Å². The van der Waals surface area contributed by atoms with Gasteiger partial charge in [-0.05, 0) is 40.5 Å². The highest BCUT2D eigenvalue weighted by Gasteiger charge is 2.30. The SMILES string of the molecule is C[C@@H]1C[C@@H](N)CCN1C(C)(C)C. The first kappa shape index (κ1) is 10.0. The third-order valence-corrected chi connectivity index (χ3v) is 2.78. The average molecular weight is 170 g/mol. The number of nitrogens with zero attached hydrogens (tertiary/aromatic N) is 1. The number of rotatable bonds is 0. The third kappa shape index (κ3) is 2.20. The smallest absolute Gasteiger partial charge is 0.0127 e. The van der Waals surface area contributed by atoms with Crippen molar-refractivity contribution >= 4 is 0 Å². The molecule has 0 radical (unpaired) electrons. The van der Waals surface area contributed by atoms with Gasteiger partial charge < -0.3 is 5.73 Å². The van der Waals surface area contributed by atoms with Gasteiger partial charge in [0, 0.05) is 24.2 Å². The van der Waals surface area contributed by atoms with Gasteiger partial charge in [-0.25, -0.2) is 0 Å². The summed E-state index contributed by atoms with van der Waals surface area (Å²) in [4.78, 5) is 2.55. The van der Waals surface area contributed by atoms with Gasteiger partial charge in [0.1, 0.15) is 0 Å². The molecule has 1 saturated heterocycles. The van der Waals surface area contributed by atoms with Crippen LogP contribution in [0.1, 0.15) is 40.5 Å². The molecule has 0 unspecified atom stereocenters. The number of piperidine rings is 1. The minimum absolute atomic E-state index is 0.305. The van der Waals surface area contributed by atoms with E-state index in [9.17, 15) is 0 Å². The molecule has 0 aromatic carbocycles. The second-order valence-corrected chi connectivity index (χ2v) is 5.00. The summed E-state index contributed by atoms with van der Waals surface area (Å²) in [6.07, 6.45) is 2.30. The van der Waals surface area contributed by atoms with Gasteiger partial charge in [0.2, 0.25) is 0 Å². The molecule has 2 atom stereocenters. The van der Waals surface area contributed by atoms with Crippen molar-refractivity contribution in [3.63, 3.8) is 0 Å². The largest absolute Gasteiger partial charge is 0.328 e. The van der Waals surface area contributed by atoms with Gasteiger partial charge in [0.25, 0.3) is 0 Å². The lowest BCUT2D eigenvalue weighted by Crippen LogP contribution is -2.53. The zero-order chi connectivity index (χ0) is 9.35. The summed E-state index contributed by atoms with van der Waals surface area (Å²) < 4.78 is 0. The van der Waals surface area contributed by atoms with E-state index in [0.29, 0.717) is 17.6 Å². The summed E-state index contributed by atoms with van der Waals surface area (Å²) in [6, 6.07) is 1.08. The maximum Gasteiger partial charge on any atom is 0.0127 e. The Balaban J connectivity index is 2.57. The van der Waals surface area contributed by atoms with Crippen LogP contribution in [0.25, 0.3) is 0 Å². The van der Waals surface area contributed by atoms with Crippen molar-refractivity contribution in [1.29, 1.82) is 0 Å². The molecule has 0 bridgehead atoms. The van der Waals surface area contributed by atoms with Gasteiger partial charge in [-0.15, -0.1) is 0 Å². The van der Waals surface area contributed by atoms with Crippen LogP contribution in [0.5, 0.6) is 0 Å². The van der Waals surface area contributed by atoms with Crippen molar-refractivity contribution in [2.75, 3.05) is 6.54 Å². The molecule has 0 aliphatic carbocycles. The molecule has 0 saturated carbocycles. The van der Waals surface area contributed by atoms with Crippen LogP contribution in [-0.4, -0.2) is 29.1 Å². The molecule has 72 valence electrons. The van der Waals surface area contributed by atoms with Crippen LogP contribution >= 0.6 is 0 Å². The van der Waals surface area contributed by atoms with Gasteiger partial charge >= 0.3 is 0 Å². The van der Waals surface area contributed by atoms with E-state index in [-0.39, 0.29) is 0 Å². The lowest BCUT2D eigenvalue weighted by atomic mass is 9.93. The number of nitrogens with two attached hydrogens (primary N) is 1.